The van der Waals surface area contributed by atoms with Gasteiger partial charge in [0.25, 0.3) is 10.0 Å². The van der Waals surface area contributed by atoms with Gasteiger partial charge in [-0.05, 0) is 54.1 Å². The molecule has 0 unspecified atom stereocenters. The van der Waals surface area contributed by atoms with Gasteiger partial charge in [-0.25, -0.2) is 4.39 Å². The Morgan fingerprint density at radius 2 is 1.94 bits per heavy atom. The third-order valence-electron chi connectivity index (χ3n) is 4.97. The molecule has 11 heteroatoms. The third-order valence-corrected chi connectivity index (χ3v) is 6.57. The number of hydrogen-bond donors (Lipinski definition) is 3. The van der Waals surface area contributed by atoms with Crippen LogP contribution in [0.15, 0.2) is 71.6 Å². The van der Waals surface area contributed by atoms with Gasteiger partial charge < -0.3 is 15.2 Å². The number of nitrogens with zero attached hydrogens (tertiary/aromatic N) is 2. The number of aliphatic hydroxyl groups is 1. The minimum Gasteiger partial charge on any atom is -0.492 e. The maximum absolute atomic E-state index is 13.1. The molecule has 4 aromatic rings. The van der Waals surface area contributed by atoms with Crippen molar-refractivity contribution in [1.29, 1.82) is 0 Å². The summed E-state index contributed by atoms with van der Waals surface area (Å²) in [4.78, 5) is -0.115. The summed E-state index contributed by atoms with van der Waals surface area (Å²) < 4.78 is 47.4. The van der Waals surface area contributed by atoms with Gasteiger partial charge in [-0.1, -0.05) is 23.7 Å². The predicted molar refractivity (Wildman–Crippen MR) is 126 cm³/mol. The zero-order chi connectivity index (χ0) is 24.1. The topological polar surface area (TPSA) is 118 Å². The Balaban J connectivity index is 1.27. The fraction of sp³-hybridized carbons (Fsp3) is 0.174. The zero-order valence-corrected chi connectivity index (χ0v) is 19.4. The lowest BCUT2D eigenvalue weighted by Gasteiger charge is -2.14. The van der Waals surface area contributed by atoms with Crippen LogP contribution < -0.4 is 14.8 Å². The third kappa shape index (κ3) is 5.84. The van der Waals surface area contributed by atoms with Gasteiger partial charge in [0.15, 0.2) is 5.15 Å². The highest BCUT2D eigenvalue weighted by Gasteiger charge is 2.17. The second-order valence-electron chi connectivity index (χ2n) is 7.41. The van der Waals surface area contributed by atoms with E-state index in [0.717, 1.165) is 35.2 Å². The number of fused-ring (bicyclic) bond motifs is 1. The van der Waals surface area contributed by atoms with Crippen LogP contribution in [0, 0.1) is 5.82 Å². The molecule has 1 atom stereocenters. The summed E-state index contributed by atoms with van der Waals surface area (Å²) in [5.74, 6) is 0.123. The standard InChI is InChI=1S/C23H21ClFN4O4S/c24-23-20-9-6-18(13-21(20)27-28-23)33-11-10-26-14-22(30)15-2-1-3-17(12-15)29-34(31,32)19-7-4-16(25)5-8-19/h1-9,12-13,22,26,30H,10-11,14H2,(H,27,28)/t22-/m0/s1. The first-order chi connectivity index (χ1) is 16.3. The first-order valence-electron chi connectivity index (χ1n) is 10.3. The molecule has 0 amide bonds. The summed E-state index contributed by atoms with van der Waals surface area (Å²) in [6.45, 7) is 1.07. The molecule has 34 heavy (non-hydrogen) atoms. The van der Waals surface area contributed by atoms with Crippen molar-refractivity contribution in [3.63, 3.8) is 0 Å². The molecule has 0 aliphatic rings. The van der Waals surface area contributed by atoms with Crippen molar-refractivity contribution in [2.75, 3.05) is 19.7 Å². The Hall–Kier alpha value is -3.18. The first-order valence-corrected chi connectivity index (χ1v) is 12.1. The van der Waals surface area contributed by atoms with Crippen molar-refractivity contribution >= 4 is 38.2 Å². The Labute approximate surface area is 200 Å². The Morgan fingerprint density at radius 3 is 2.74 bits per heavy atom. The largest absolute Gasteiger partial charge is 0.492 e. The van der Waals surface area contributed by atoms with E-state index in [-0.39, 0.29) is 17.1 Å². The highest BCUT2D eigenvalue weighted by atomic mass is 35.5. The molecular formula is C23H21ClFN4O4S. The van der Waals surface area contributed by atoms with E-state index in [0.29, 0.717) is 29.6 Å². The van der Waals surface area contributed by atoms with Crippen molar-refractivity contribution in [3.05, 3.63) is 83.3 Å². The molecule has 0 saturated carbocycles. The van der Waals surface area contributed by atoms with Crippen molar-refractivity contribution in [3.8, 4) is 5.75 Å². The molecule has 3 N–H and O–H groups in total. The smallest absolute Gasteiger partial charge is 0.282 e. The molecule has 4 rings (SSSR count). The summed E-state index contributed by atoms with van der Waals surface area (Å²) in [5, 5.41) is 21.5. The number of aromatic amines is 1. The summed E-state index contributed by atoms with van der Waals surface area (Å²) in [6, 6.07) is 16.1. The monoisotopic (exact) mass is 503 g/mol. The lowest BCUT2D eigenvalue weighted by Crippen LogP contribution is -2.26. The van der Waals surface area contributed by atoms with Crippen LogP contribution in [-0.2, 0) is 10.0 Å². The van der Waals surface area contributed by atoms with Crippen LogP contribution in [0.2, 0.25) is 5.15 Å². The maximum atomic E-state index is 13.1. The van der Waals surface area contributed by atoms with Crippen molar-refractivity contribution in [2.45, 2.75) is 11.0 Å². The maximum Gasteiger partial charge on any atom is 0.282 e. The van der Waals surface area contributed by atoms with Gasteiger partial charge in [-0.2, -0.15) is 18.2 Å². The fourth-order valence-corrected chi connectivity index (χ4v) is 4.42. The van der Waals surface area contributed by atoms with Crippen LogP contribution in [-0.4, -0.2) is 43.4 Å². The van der Waals surface area contributed by atoms with Crippen LogP contribution in [0.5, 0.6) is 5.75 Å². The van der Waals surface area contributed by atoms with Gasteiger partial charge >= 0.3 is 0 Å². The Kier molecular flexibility index (Phi) is 7.32. The molecule has 1 heterocycles. The number of nitrogens with one attached hydrogen (secondary N) is 2. The summed E-state index contributed by atoms with van der Waals surface area (Å²) in [6.07, 6.45) is -0.882. The quantitative estimate of drug-likeness (QED) is 0.284. The number of H-pyrrole nitrogens is 1. The van der Waals surface area contributed by atoms with Crippen LogP contribution >= 0.6 is 11.6 Å². The number of ether oxygens (including phenoxy) is 1. The molecule has 0 aliphatic carbocycles. The van der Waals surface area contributed by atoms with E-state index in [2.05, 4.69) is 20.2 Å². The molecule has 0 saturated heterocycles. The van der Waals surface area contributed by atoms with Gasteiger partial charge in [0.05, 0.1) is 22.2 Å². The SMILES string of the molecule is O=S(=O)([N]c1cccc([C@@H](O)CNCCOc2ccc3c(Cl)n[nH]c3c2)c1)c1ccc(F)cc1. The lowest BCUT2D eigenvalue weighted by atomic mass is 10.1. The molecule has 0 spiro atoms. The van der Waals surface area contributed by atoms with E-state index in [1.54, 1.807) is 24.3 Å². The van der Waals surface area contributed by atoms with Crippen LogP contribution in [0.1, 0.15) is 11.7 Å². The normalized spacial score (nSPS) is 12.6. The van der Waals surface area contributed by atoms with Crippen molar-refractivity contribution < 1.29 is 22.7 Å². The molecular weight excluding hydrogens is 483 g/mol. The summed E-state index contributed by atoms with van der Waals surface area (Å²) >= 11 is 5.96. The second kappa shape index (κ2) is 10.4. The lowest BCUT2D eigenvalue weighted by molar-refractivity contribution is 0.172. The Morgan fingerprint density at radius 1 is 1.15 bits per heavy atom. The molecule has 3 aromatic carbocycles. The van der Waals surface area contributed by atoms with E-state index < -0.39 is 21.9 Å². The zero-order valence-electron chi connectivity index (χ0n) is 17.8. The van der Waals surface area contributed by atoms with Gasteiger partial charge in [-0.15, -0.1) is 0 Å². The molecule has 0 aliphatic heterocycles. The minimum absolute atomic E-state index is 0.115. The number of sulfonamides is 1. The predicted octanol–water partition coefficient (Wildman–Crippen LogP) is 3.68. The van der Waals surface area contributed by atoms with E-state index in [4.69, 9.17) is 16.3 Å². The number of hydrogen-bond acceptors (Lipinski definition) is 6. The Bertz CT molecular complexity index is 1380. The van der Waals surface area contributed by atoms with E-state index in [1.807, 2.05) is 6.07 Å². The molecule has 177 valence electrons. The summed E-state index contributed by atoms with van der Waals surface area (Å²) in [5.41, 5.74) is 1.45. The molecule has 0 bridgehead atoms. The van der Waals surface area contributed by atoms with Crippen molar-refractivity contribution in [2.24, 2.45) is 0 Å². The fourth-order valence-electron chi connectivity index (χ4n) is 3.24. The average Bonchev–Trinajstić information content (AvgIpc) is 3.19. The van der Waals surface area contributed by atoms with Gasteiger partial charge in [0.1, 0.15) is 18.2 Å². The van der Waals surface area contributed by atoms with Gasteiger partial charge in [0.2, 0.25) is 0 Å². The average molecular weight is 504 g/mol. The number of benzene rings is 3. The van der Waals surface area contributed by atoms with Gasteiger partial charge in [-0.3, -0.25) is 5.10 Å². The molecule has 0 fully saturated rings. The van der Waals surface area contributed by atoms with Crippen LogP contribution in [0.3, 0.4) is 0 Å². The van der Waals surface area contributed by atoms with E-state index >= 15 is 0 Å². The molecule has 1 radical (unpaired) electrons. The van der Waals surface area contributed by atoms with Crippen LogP contribution in [0.4, 0.5) is 10.1 Å². The van der Waals surface area contributed by atoms with Crippen molar-refractivity contribution in [1.82, 2.24) is 20.2 Å². The van der Waals surface area contributed by atoms with E-state index in [1.165, 1.54) is 12.1 Å². The summed E-state index contributed by atoms with van der Waals surface area (Å²) in [7, 11) is -4.00. The van der Waals surface area contributed by atoms with E-state index in [9.17, 15) is 17.9 Å². The number of aliphatic hydroxyl groups excluding tert-OH is 1. The molecule has 8 nitrogen and oxygen atoms in total. The number of aromatic nitrogens is 2. The highest BCUT2D eigenvalue weighted by Crippen LogP contribution is 2.24. The minimum atomic E-state index is -4.00. The highest BCUT2D eigenvalue weighted by molar-refractivity contribution is 7.89. The second-order valence-corrected chi connectivity index (χ2v) is 9.37. The van der Waals surface area contributed by atoms with Gasteiger partial charge in [0, 0.05) is 24.5 Å². The first kappa shape index (κ1) is 24.0. The number of rotatable bonds is 10. The molecule has 1 aromatic heterocycles. The number of halogens is 2. The van der Waals surface area contributed by atoms with Crippen LogP contribution in [0.25, 0.3) is 10.9 Å².